The van der Waals surface area contributed by atoms with E-state index in [1.54, 1.807) is 12.1 Å². The second kappa shape index (κ2) is 6.78. The highest BCUT2D eigenvalue weighted by molar-refractivity contribution is 9.10. The Kier molecular flexibility index (Phi) is 5.03. The average molecular weight is 373 g/mol. The first-order valence-corrected chi connectivity index (χ1v) is 7.22. The van der Waals surface area contributed by atoms with Crippen molar-refractivity contribution in [3.63, 3.8) is 0 Å². The number of halogens is 2. The van der Waals surface area contributed by atoms with E-state index in [2.05, 4.69) is 15.9 Å². The molecule has 2 aromatic rings. The largest absolute Gasteiger partial charge is 0.497 e. The summed E-state index contributed by atoms with van der Waals surface area (Å²) in [7, 11) is 1.48. The second-order valence-corrected chi connectivity index (χ2v) is 5.26. The van der Waals surface area contributed by atoms with Gasteiger partial charge in [-0.3, -0.25) is 10.1 Å². The molecule has 0 aliphatic carbocycles. The minimum atomic E-state index is -0.507. The molecule has 5 nitrogen and oxygen atoms in total. The van der Waals surface area contributed by atoms with E-state index in [9.17, 15) is 10.1 Å². The van der Waals surface area contributed by atoms with Crippen molar-refractivity contribution in [3.05, 3.63) is 56.5 Å². The molecule has 0 bridgehead atoms. The summed E-state index contributed by atoms with van der Waals surface area (Å²) >= 11 is 9.19. The summed E-state index contributed by atoms with van der Waals surface area (Å²) in [4.78, 5) is 10.6. The normalized spacial score (nSPS) is 10.2. The molecule has 0 saturated carbocycles. The first-order valence-electron chi connectivity index (χ1n) is 5.90. The van der Waals surface area contributed by atoms with E-state index < -0.39 is 4.92 Å². The van der Waals surface area contributed by atoms with Crippen molar-refractivity contribution in [1.29, 1.82) is 0 Å². The van der Waals surface area contributed by atoms with Crippen molar-refractivity contribution in [1.82, 2.24) is 0 Å². The number of nitro benzene ring substituents is 1. The maximum Gasteiger partial charge on any atom is 0.311 e. The zero-order valence-corrected chi connectivity index (χ0v) is 13.3. The molecule has 0 amide bonds. The molecule has 0 aliphatic rings. The quantitative estimate of drug-likeness (QED) is 0.425. The van der Waals surface area contributed by atoms with E-state index in [0.717, 1.165) is 10.0 Å². The Bertz CT molecular complexity index is 678. The lowest BCUT2D eigenvalue weighted by atomic mass is 10.2. The number of alkyl halides is 1. The van der Waals surface area contributed by atoms with Crippen molar-refractivity contribution in [3.8, 4) is 17.2 Å². The summed E-state index contributed by atoms with van der Waals surface area (Å²) < 4.78 is 11.5. The van der Waals surface area contributed by atoms with Crippen LogP contribution < -0.4 is 9.47 Å². The zero-order valence-electron chi connectivity index (χ0n) is 11.0. The van der Waals surface area contributed by atoms with Gasteiger partial charge in [-0.15, -0.1) is 11.6 Å². The van der Waals surface area contributed by atoms with Gasteiger partial charge in [-0.25, -0.2) is 0 Å². The number of methoxy groups -OCH3 is 1. The molecule has 2 rings (SSSR count). The van der Waals surface area contributed by atoms with Crippen LogP contribution in [0.5, 0.6) is 17.2 Å². The molecule has 0 aromatic heterocycles. The van der Waals surface area contributed by atoms with Gasteiger partial charge in [0.2, 0.25) is 5.75 Å². The molecule has 0 saturated heterocycles. The van der Waals surface area contributed by atoms with Crippen LogP contribution in [0.2, 0.25) is 0 Å². The smallest absolute Gasteiger partial charge is 0.311 e. The lowest BCUT2D eigenvalue weighted by molar-refractivity contribution is -0.385. The van der Waals surface area contributed by atoms with Crippen molar-refractivity contribution >= 4 is 33.2 Å². The monoisotopic (exact) mass is 371 g/mol. The highest BCUT2D eigenvalue weighted by Gasteiger charge is 2.18. The minimum Gasteiger partial charge on any atom is -0.497 e. The highest BCUT2D eigenvalue weighted by Crippen LogP contribution is 2.37. The van der Waals surface area contributed by atoms with Crippen LogP contribution >= 0.6 is 27.5 Å². The fraction of sp³-hybridized carbons (Fsp3) is 0.143. The summed E-state index contributed by atoms with van der Waals surface area (Å²) in [5.74, 6) is 1.26. The van der Waals surface area contributed by atoms with Gasteiger partial charge in [0, 0.05) is 22.2 Å². The van der Waals surface area contributed by atoms with Gasteiger partial charge < -0.3 is 9.47 Å². The molecule has 21 heavy (non-hydrogen) atoms. The van der Waals surface area contributed by atoms with Crippen molar-refractivity contribution in [2.24, 2.45) is 0 Å². The Hall–Kier alpha value is -1.79. The molecule has 0 unspecified atom stereocenters. The van der Waals surface area contributed by atoms with Crippen LogP contribution in [0.4, 0.5) is 5.69 Å². The Morgan fingerprint density at radius 1 is 1.24 bits per heavy atom. The SMILES string of the molecule is COc1ccc([N+](=O)[O-])c(Oc2cc(Br)ccc2CCl)c1. The molecule has 0 N–H and O–H groups in total. The van der Waals surface area contributed by atoms with Crippen LogP contribution in [0, 0.1) is 10.1 Å². The summed E-state index contributed by atoms with van der Waals surface area (Å²) in [6, 6.07) is 9.64. The van der Waals surface area contributed by atoms with Gasteiger partial charge in [-0.2, -0.15) is 0 Å². The molecule has 110 valence electrons. The van der Waals surface area contributed by atoms with Crippen LogP contribution in [-0.4, -0.2) is 12.0 Å². The molecular formula is C14H11BrClNO4. The lowest BCUT2D eigenvalue weighted by Crippen LogP contribution is -1.96. The zero-order chi connectivity index (χ0) is 15.4. The third kappa shape index (κ3) is 3.65. The average Bonchev–Trinajstić information content (AvgIpc) is 2.47. The van der Waals surface area contributed by atoms with E-state index >= 15 is 0 Å². The van der Waals surface area contributed by atoms with Crippen LogP contribution in [0.3, 0.4) is 0 Å². The number of nitro groups is 1. The molecule has 0 atom stereocenters. The van der Waals surface area contributed by atoms with Crippen LogP contribution in [0.15, 0.2) is 40.9 Å². The van der Waals surface area contributed by atoms with Crippen LogP contribution in [0.1, 0.15) is 5.56 Å². The van der Waals surface area contributed by atoms with Gasteiger partial charge in [0.05, 0.1) is 17.9 Å². The molecule has 7 heteroatoms. The minimum absolute atomic E-state index is 0.101. The van der Waals surface area contributed by atoms with Crippen molar-refractivity contribution in [2.75, 3.05) is 7.11 Å². The number of ether oxygens (including phenoxy) is 2. The Balaban J connectivity index is 2.47. The second-order valence-electron chi connectivity index (χ2n) is 4.08. The van der Waals surface area contributed by atoms with Gasteiger partial charge in [0.25, 0.3) is 0 Å². The maximum absolute atomic E-state index is 11.1. The summed E-state index contributed by atoms with van der Waals surface area (Å²) in [6.45, 7) is 0. The molecule has 0 aliphatic heterocycles. The number of benzene rings is 2. The predicted octanol–water partition coefficient (Wildman–Crippen LogP) is 4.90. The molecule has 0 radical (unpaired) electrons. The number of hydrogen-bond acceptors (Lipinski definition) is 4. The van der Waals surface area contributed by atoms with E-state index in [1.165, 1.54) is 25.3 Å². The molecule has 2 aromatic carbocycles. The third-order valence-corrected chi connectivity index (χ3v) is 3.54. The van der Waals surface area contributed by atoms with Crippen LogP contribution in [-0.2, 0) is 5.88 Å². The van der Waals surface area contributed by atoms with E-state index in [0.29, 0.717) is 11.5 Å². The Morgan fingerprint density at radius 2 is 2.00 bits per heavy atom. The van der Waals surface area contributed by atoms with Crippen LogP contribution in [0.25, 0.3) is 0 Å². The van der Waals surface area contributed by atoms with Gasteiger partial charge >= 0.3 is 5.69 Å². The summed E-state index contributed by atoms with van der Waals surface area (Å²) in [5, 5.41) is 11.1. The standard InChI is InChI=1S/C14H11BrClNO4/c1-20-11-4-5-12(17(18)19)14(7-11)21-13-6-10(15)3-2-9(13)8-16/h2-7H,8H2,1H3. The molecule has 0 heterocycles. The Morgan fingerprint density at radius 3 is 2.62 bits per heavy atom. The third-order valence-electron chi connectivity index (χ3n) is 2.76. The number of hydrogen-bond donors (Lipinski definition) is 0. The topological polar surface area (TPSA) is 61.6 Å². The lowest BCUT2D eigenvalue weighted by Gasteiger charge is -2.11. The Labute approximate surface area is 134 Å². The number of nitrogens with zero attached hydrogens (tertiary/aromatic N) is 1. The fourth-order valence-electron chi connectivity index (χ4n) is 1.71. The van der Waals surface area contributed by atoms with E-state index in [1.807, 2.05) is 6.07 Å². The van der Waals surface area contributed by atoms with Gasteiger partial charge in [-0.05, 0) is 18.2 Å². The first-order chi connectivity index (χ1) is 10.0. The molecule has 0 spiro atoms. The van der Waals surface area contributed by atoms with E-state index in [-0.39, 0.29) is 17.3 Å². The number of rotatable bonds is 5. The van der Waals surface area contributed by atoms with Gasteiger partial charge in [-0.1, -0.05) is 22.0 Å². The fourth-order valence-corrected chi connectivity index (χ4v) is 2.27. The van der Waals surface area contributed by atoms with E-state index in [4.69, 9.17) is 21.1 Å². The predicted molar refractivity (Wildman–Crippen MR) is 83.4 cm³/mol. The molecular weight excluding hydrogens is 362 g/mol. The highest BCUT2D eigenvalue weighted by atomic mass is 79.9. The maximum atomic E-state index is 11.1. The first kappa shape index (κ1) is 15.6. The summed E-state index contributed by atoms with van der Waals surface area (Å²) in [5.41, 5.74) is 0.591. The summed E-state index contributed by atoms with van der Waals surface area (Å²) in [6.07, 6.45) is 0. The van der Waals surface area contributed by atoms with Crippen molar-refractivity contribution < 1.29 is 14.4 Å². The molecule has 0 fully saturated rings. The van der Waals surface area contributed by atoms with Gasteiger partial charge in [0.15, 0.2) is 0 Å². The van der Waals surface area contributed by atoms with Gasteiger partial charge in [0.1, 0.15) is 11.5 Å². The van der Waals surface area contributed by atoms with Crippen molar-refractivity contribution in [2.45, 2.75) is 5.88 Å².